The molecule has 0 saturated heterocycles. The quantitative estimate of drug-likeness (QED) is 0.495. The molecule has 0 saturated carbocycles. The molecule has 22 heavy (non-hydrogen) atoms. The maximum atomic E-state index is 5.35. The second-order valence-corrected chi connectivity index (χ2v) is 4.95. The third kappa shape index (κ3) is 3.17. The van der Waals surface area contributed by atoms with E-state index in [2.05, 4.69) is 15.3 Å². The van der Waals surface area contributed by atoms with Gasteiger partial charge in [-0.15, -0.1) is 0 Å². The van der Waals surface area contributed by atoms with E-state index in [0.717, 1.165) is 30.1 Å². The molecule has 2 aromatic heterocycles. The molecule has 5 N–H and O–H groups in total. The fraction of sp³-hybridized carbons (Fsp3) is 0.125. The molecular weight excluding hydrogens is 276 g/mol. The molecule has 6 nitrogen and oxygen atoms in total. The van der Waals surface area contributed by atoms with Crippen LogP contribution in [0.1, 0.15) is 5.56 Å². The molecule has 0 aliphatic carbocycles. The van der Waals surface area contributed by atoms with Crippen LogP contribution in [-0.4, -0.2) is 21.9 Å². The number of hydrogen-bond acceptors (Lipinski definition) is 3. The first-order chi connectivity index (χ1) is 10.7. The van der Waals surface area contributed by atoms with E-state index in [0.29, 0.717) is 0 Å². The molecule has 112 valence electrons. The summed E-state index contributed by atoms with van der Waals surface area (Å²) in [5.74, 6) is 1.06. The Labute approximate surface area is 128 Å². The second-order valence-electron chi connectivity index (χ2n) is 4.95. The van der Waals surface area contributed by atoms with Crippen LogP contribution in [0.2, 0.25) is 0 Å². The molecule has 0 unspecified atom stereocenters. The number of benzene rings is 1. The minimum atomic E-state index is 0.0713. The number of anilines is 1. The molecule has 0 atom stereocenters. The summed E-state index contributed by atoms with van der Waals surface area (Å²) in [6.07, 6.45) is 4.74. The molecular formula is C16H18N6. The van der Waals surface area contributed by atoms with E-state index in [4.69, 9.17) is 11.5 Å². The van der Waals surface area contributed by atoms with Crippen LogP contribution in [0, 0.1) is 0 Å². The van der Waals surface area contributed by atoms with Crippen molar-refractivity contribution in [1.29, 1.82) is 0 Å². The molecule has 0 bridgehead atoms. The van der Waals surface area contributed by atoms with Crippen LogP contribution in [0.4, 0.5) is 11.5 Å². The molecule has 0 fully saturated rings. The summed E-state index contributed by atoms with van der Waals surface area (Å²) in [6.45, 7) is 0.824. The van der Waals surface area contributed by atoms with Crippen molar-refractivity contribution >= 4 is 23.1 Å². The molecule has 0 spiro atoms. The van der Waals surface area contributed by atoms with E-state index in [1.54, 1.807) is 0 Å². The molecule has 1 aromatic carbocycles. The Morgan fingerprint density at radius 3 is 2.73 bits per heavy atom. The van der Waals surface area contributed by atoms with Gasteiger partial charge >= 0.3 is 0 Å². The predicted octanol–water partition coefficient (Wildman–Crippen LogP) is 1.89. The third-order valence-electron chi connectivity index (χ3n) is 3.33. The van der Waals surface area contributed by atoms with Crippen LogP contribution < -0.4 is 16.8 Å². The van der Waals surface area contributed by atoms with Gasteiger partial charge in [0, 0.05) is 12.7 Å². The number of nitrogens with zero attached hydrogens (tertiary/aromatic N) is 3. The van der Waals surface area contributed by atoms with Gasteiger partial charge in [0.15, 0.2) is 5.96 Å². The maximum absolute atomic E-state index is 5.35. The third-order valence-corrected chi connectivity index (χ3v) is 3.33. The van der Waals surface area contributed by atoms with E-state index in [9.17, 15) is 0 Å². The fourth-order valence-corrected chi connectivity index (χ4v) is 2.28. The molecule has 6 heteroatoms. The lowest BCUT2D eigenvalue weighted by atomic mass is 10.1. The van der Waals surface area contributed by atoms with Crippen molar-refractivity contribution in [3.05, 3.63) is 60.4 Å². The first-order valence-electron chi connectivity index (χ1n) is 7.07. The van der Waals surface area contributed by atoms with Crippen molar-refractivity contribution in [2.75, 3.05) is 11.9 Å². The highest BCUT2D eigenvalue weighted by molar-refractivity contribution is 5.78. The maximum Gasteiger partial charge on any atom is 0.191 e. The number of nitrogens with two attached hydrogens (primary N) is 2. The number of fused-ring (bicyclic) bond motifs is 1. The van der Waals surface area contributed by atoms with E-state index in [1.165, 1.54) is 5.56 Å². The lowest BCUT2D eigenvalue weighted by molar-refractivity contribution is 0.998. The van der Waals surface area contributed by atoms with Crippen molar-refractivity contribution in [3.8, 4) is 0 Å². The normalized spacial score (nSPS) is 10.5. The Hall–Kier alpha value is -3.02. The standard InChI is InChI=1S/C16H18N6/c17-16(18)21-13-6-4-12(5-7-13)8-9-19-15-11-20-14-3-1-2-10-22(14)15/h1-7,10-11,19H,8-9H2,(H4,17,18,21). The molecule has 0 radical (unpaired) electrons. The summed E-state index contributed by atoms with van der Waals surface area (Å²) in [4.78, 5) is 8.35. The molecule has 0 aliphatic rings. The number of aromatic nitrogens is 2. The number of aliphatic imine (C=N–C) groups is 1. The smallest absolute Gasteiger partial charge is 0.191 e. The summed E-state index contributed by atoms with van der Waals surface area (Å²) in [5.41, 5.74) is 13.6. The molecule has 2 heterocycles. The zero-order valence-electron chi connectivity index (χ0n) is 12.1. The lowest BCUT2D eigenvalue weighted by Gasteiger charge is -2.06. The predicted molar refractivity (Wildman–Crippen MR) is 89.3 cm³/mol. The van der Waals surface area contributed by atoms with Gasteiger partial charge in [-0.05, 0) is 36.2 Å². The monoisotopic (exact) mass is 294 g/mol. The number of guanidine groups is 1. The summed E-state index contributed by atoms with van der Waals surface area (Å²) in [5, 5.41) is 3.40. The topological polar surface area (TPSA) is 93.7 Å². The minimum Gasteiger partial charge on any atom is -0.370 e. The molecule has 0 amide bonds. The molecule has 3 aromatic rings. The highest BCUT2D eigenvalue weighted by Crippen LogP contribution is 2.14. The van der Waals surface area contributed by atoms with Gasteiger partial charge in [0.25, 0.3) is 0 Å². The van der Waals surface area contributed by atoms with Gasteiger partial charge in [-0.1, -0.05) is 18.2 Å². The van der Waals surface area contributed by atoms with Crippen molar-refractivity contribution in [2.45, 2.75) is 6.42 Å². The van der Waals surface area contributed by atoms with Crippen LogP contribution in [0.25, 0.3) is 5.65 Å². The Bertz CT molecular complexity index is 784. The highest BCUT2D eigenvalue weighted by Gasteiger charge is 2.01. The van der Waals surface area contributed by atoms with Crippen LogP contribution in [0.15, 0.2) is 59.9 Å². The SMILES string of the molecule is NC(N)=Nc1ccc(CCNc2cnc3ccccn23)cc1. The molecule has 3 rings (SSSR count). The van der Waals surface area contributed by atoms with Crippen LogP contribution in [0.5, 0.6) is 0 Å². The number of imidazole rings is 1. The first kappa shape index (κ1) is 13.9. The lowest BCUT2D eigenvalue weighted by Crippen LogP contribution is -2.21. The van der Waals surface area contributed by atoms with Gasteiger partial charge in [0.2, 0.25) is 0 Å². The average Bonchev–Trinajstić information content (AvgIpc) is 2.92. The van der Waals surface area contributed by atoms with Crippen molar-refractivity contribution in [1.82, 2.24) is 9.38 Å². The summed E-state index contributed by atoms with van der Waals surface area (Å²) in [6, 6.07) is 13.8. The Morgan fingerprint density at radius 1 is 1.14 bits per heavy atom. The number of rotatable bonds is 5. The second kappa shape index (κ2) is 6.17. The number of pyridine rings is 1. The average molecular weight is 294 g/mol. The van der Waals surface area contributed by atoms with Crippen LogP contribution in [0.3, 0.4) is 0 Å². The summed E-state index contributed by atoms with van der Waals surface area (Å²) in [7, 11) is 0. The van der Waals surface area contributed by atoms with Gasteiger partial charge in [0.05, 0.1) is 11.9 Å². The van der Waals surface area contributed by atoms with E-state index < -0.39 is 0 Å². The number of nitrogens with one attached hydrogen (secondary N) is 1. The Balaban J connectivity index is 1.60. The summed E-state index contributed by atoms with van der Waals surface area (Å²) < 4.78 is 2.03. The summed E-state index contributed by atoms with van der Waals surface area (Å²) >= 11 is 0. The largest absolute Gasteiger partial charge is 0.370 e. The fourth-order valence-electron chi connectivity index (χ4n) is 2.28. The van der Waals surface area contributed by atoms with E-state index in [1.807, 2.05) is 59.3 Å². The van der Waals surface area contributed by atoms with Crippen molar-refractivity contribution in [3.63, 3.8) is 0 Å². The van der Waals surface area contributed by atoms with E-state index >= 15 is 0 Å². The number of hydrogen-bond donors (Lipinski definition) is 3. The van der Waals surface area contributed by atoms with Gasteiger partial charge in [0.1, 0.15) is 11.5 Å². The van der Waals surface area contributed by atoms with Gasteiger partial charge < -0.3 is 16.8 Å². The van der Waals surface area contributed by atoms with Crippen LogP contribution >= 0.6 is 0 Å². The Kier molecular flexibility index (Phi) is 3.91. The van der Waals surface area contributed by atoms with Crippen LogP contribution in [-0.2, 0) is 6.42 Å². The van der Waals surface area contributed by atoms with Gasteiger partial charge in [-0.2, -0.15) is 0 Å². The van der Waals surface area contributed by atoms with E-state index in [-0.39, 0.29) is 5.96 Å². The van der Waals surface area contributed by atoms with Crippen molar-refractivity contribution in [2.24, 2.45) is 16.5 Å². The first-order valence-corrected chi connectivity index (χ1v) is 7.07. The zero-order valence-corrected chi connectivity index (χ0v) is 12.1. The van der Waals surface area contributed by atoms with Gasteiger partial charge in [-0.3, -0.25) is 4.40 Å². The van der Waals surface area contributed by atoms with Gasteiger partial charge in [-0.25, -0.2) is 9.98 Å². The zero-order chi connectivity index (χ0) is 15.4. The molecule has 0 aliphatic heterocycles. The highest BCUT2D eigenvalue weighted by atomic mass is 15.1. The van der Waals surface area contributed by atoms with Crippen molar-refractivity contribution < 1.29 is 0 Å². The minimum absolute atomic E-state index is 0.0713. The Morgan fingerprint density at radius 2 is 1.95 bits per heavy atom.